The molecule has 234 valence electrons. The van der Waals surface area contributed by atoms with Crippen molar-refractivity contribution in [3.8, 4) is 0 Å². The third-order valence-electron chi connectivity index (χ3n) is 11.2. The van der Waals surface area contributed by atoms with Crippen molar-refractivity contribution in [3.63, 3.8) is 0 Å². The Hall–Kier alpha value is -1.66. The van der Waals surface area contributed by atoms with E-state index >= 15 is 0 Å². The van der Waals surface area contributed by atoms with E-state index in [1.807, 2.05) is 6.92 Å². The molecular formula is C32H46O10. The number of ether oxygens (including phenoxy) is 5. The van der Waals surface area contributed by atoms with Crippen LogP contribution in [0.3, 0.4) is 0 Å². The first-order valence-corrected chi connectivity index (χ1v) is 15.7. The molecule has 42 heavy (non-hydrogen) atoms. The van der Waals surface area contributed by atoms with Gasteiger partial charge >= 0.3 is 5.97 Å². The largest absolute Gasteiger partial charge is 0.459 e. The molecule has 5 fully saturated rings. The molecule has 6 aliphatic rings. The van der Waals surface area contributed by atoms with Crippen LogP contribution in [-0.4, -0.2) is 86.5 Å². The molecule has 0 aromatic carbocycles. The van der Waals surface area contributed by atoms with Crippen LogP contribution in [0.4, 0.5) is 0 Å². The molecule has 3 heterocycles. The summed E-state index contributed by atoms with van der Waals surface area (Å²) in [7, 11) is 0. The average molecular weight is 591 g/mol. The second-order valence-corrected chi connectivity index (χ2v) is 13.6. The maximum Gasteiger partial charge on any atom is 0.303 e. The number of unbranched alkanes of at least 4 members (excludes halogenated alkanes) is 6. The minimum atomic E-state index is -2.34. The SMILES string of the molecule is C=C(C)[C@@]12O[C@@]3(CCCCCCCCC)O[C@@H]1[C@@H]1[C@@H]4O[C@]4(CO)[C@@H](O)[C@]4(O)C(=O)C(C)=C[C@H]4[C@@]1(O3)[C@H](C)[C@@H]2OC(C)=O. The van der Waals surface area contributed by atoms with E-state index in [1.54, 1.807) is 19.9 Å². The van der Waals surface area contributed by atoms with Crippen molar-refractivity contribution in [2.45, 2.75) is 139 Å². The summed E-state index contributed by atoms with van der Waals surface area (Å²) in [5.74, 6) is -5.13. The molecule has 0 radical (unpaired) electrons. The molecule has 2 saturated carbocycles. The lowest BCUT2D eigenvalue weighted by Crippen LogP contribution is -2.76. The fourth-order valence-electron chi connectivity index (χ4n) is 9.22. The second kappa shape index (κ2) is 9.92. The number of hydrogen-bond acceptors (Lipinski definition) is 10. The quantitative estimate of drug-likeness (QED) is 0.142. The molecule has 10 nitrogen and oxygen atoms in total. The topological polar surface area (TPSA) is 144 Å². The van der Waals surface area contributed by atoms with Crippen molar-refractivity contribution in [2.75, 3.05) is 6.61 Å². The van der Waals surface area contributed by atoms with Crippen molar-refractivity contribution >= 4 is 11.8 Å². The van der Waals surface area contributed by atoms with Gasteiger partial charge in [0.1, 0.15) is 30.0 Å². The molecule has 3 aliphatic heterocycles. The van der Waals surface area contributed by atoms with Crippen LogP contribution in [0.25, 0.3) is 0 Å². The van der Waals surface area contributed by atoms with Crippen molar-refractivity contribution in [1.82, 2.24) is 0 Å². The molecule has 3 bridgehead atoms. The van der Waals surface area contributed by atoms with Gasteiger partial charge in [0, 0.05) is 31.1 Å². The van der Waals surface area contributed by atoms with E-state index in [0.29, 0.717) is 12.0 Å². The Kier molecular flexibility index (Phi) is 7.18. The fraction of sp³-hybridized carbons (Fsp3) is 0.812. The number of hydrogen-bond donors (Lipinski definition) is 3. The highest BCUT2D eigenvalue weighted by molar-refractivity contribution is 6.05. The fourth-order valence-corrected chi connectivity index (χ4v) is 9.22. The average Bonchev–Trinajstić information content (AvgIpc) is 3.57. The Morgan fingerprint density at radius 1 is 1.07 bits per heavy atom. The van der Waals surface area contributed by atoms with E-state index < -0.39 is 88.9 Å². The van der Waals surface area contributed by atoms with Gasteiger partial charge in [-0.1, -0.05) is 65.0 Å². The number of Topliss-reactive ketones (excluding diaryl/α,β-unsaturated/α-hetero) is 1. The van der Waals surface area contributed by atoms with Gasteiger partial charge in [0.15, 0.2) is 17.0 Å². The molecule has 0 aromatic rings. The van der Waals surface area contributed by atoms with Gasteiger partial charge < -0.3 is 39.0 Å². The molecule has 3 N–H and O–H groups in total. The summed E-state index contributed by atoms with van der Waals surface area (Å²) < 4.78 is 32.8. The summed E-state index contributed by atoms with van der Waals surface area (Å²) >= 11 is 0. The van der Waals surface area contributed by atoms with E-state index in [4.69, 9.17) is 23.7 Å². The number of aliphatic hydroxyl groups excluding tert-OH is 2. The monoisotopic (exact) mass is 590 g/mol. The molecule has 10 heteroatoms. The maximum absolute atomic E-state index is 13.7. The smallest absolute Gasteiger partial charge is 0.303 e. The van der Waals surface area contributed by atoms with Gasteiger partial charge in [-0.15, -0.1) is 0 Å². The zero-order valence-corrected chi connectivity index (χ0v) is 25.4. The van der Waals surface area contributed by atoms with Gasteiger partial charge in [0.05, 0.1) is 12.2 Å². The van der Waals surface area contributed by atoms with E-state index in [1.165, 1.54) is 26.2 Å². The van der Waals surface area contributed by atoms with Crippen LogP contribution in [-0.2, 0) is 33.3 Å². The standard InChI is InChI=1S/C32H46O10/c1-7-8-9-10-11-12-13-14-29-40-26-22-25-28(16-33,39-25)27(36)30(37)21(15-18(4)23(30)35)32(22,42-29)19(5)24(38-20(6)34)31(26,41-29)17(2)3/h15,19,21-22,24-27,33,36-37H,2,7-14,16H2,1,3-6H3/t19-,21-,22+,24+,25+,26-,27-,28+,29-,30-,31+,32+/m1/s1. The Labute approximate surface area is 247 Å². The van der Waals surface area contributed by atoms with E-state index in [2.05, 4.69) is 13.5 Å². The highest BCUT2D eigenvalue weighted by Crippen LogP contribution is 2.73. The first-order valence-electron chi connectivity index (χ1n) is 15.7. The van der Waals surface area contributed by atoms with Crippen molar-refractivity contribution in [1.29, 1.82) is 0 Å². The molecule has 3 aliphatic carbocycles. The van der Waals surface area contributed by atoms with Crippen molar-refractivity contribution in [2.24, 2.45) is 17.8 Å². The lowest BCUT2D eigenvalue weighted by molar-refractivity contribution is -0.431. The number of rotatable bonds is 11. The predicted octanol–water partition coefficient (Wildman–Crippen LogP) is 2.86. The number of ketones is 1. The van der Waals surface area contributed by atoms with Crippen molar-refractivity contribution in [3.05, 3.63) is 23.8 Å². The van der Waals surface area contributed by atoms with Crippen LogP contribution >= 0.6 is 0 Å². The van der Waals surface area contributed by atoms with E-state index in [0.717, 1.165) is 25.7 Å². The highest BCUT2D eigenvalue weighted by Gasteiger charge is 2.90. The summed E-state index contributed by atoms with van der Waals surface area (Å²) in [5.41, 5.74) is -5.82. The van der Waals surface area contributed by atoms with E-state index in [9.17, 15) is 24.9 Å². The van der Waals surface area contributed by atoms with Gasteiger partial charge in [-0.3, -0.25) is 9.59 Å². The summed E-state index contributed by atoms with van der Waals surface area (Å²) in [6.07, 6.45) is 5.20. The first kappa shape index (κ1) is 30.4. The van der Waals surface area contributed by atoms with Crippen LogP contribution in [0.15, 0.2) is 23.8 Å². The highest BCUT2D eigenvalue weighted by atomic mass is 16.9. The van der Waals surface area contributed by atoms with Crippen LogP contribution in [0.1, 0.15) is 86.0 Å². The van der Waals surface area contributed by atoms with Gasteiger partial charge in [-0.2, -0.15) is 0 Å². The lowest BCUT2D eigenvalue weighted by atomic mass is 9.53. The second-order valence-electron chi connectivity index (χ2n) is 13.6. The number of esters is 1. The minimum Gasteiger partial charge on any atom is -0.459 e. The summed E-state index contributed by atoms with van der Waals surface area (Å²) in [6.45, 7) is 12.4. The minimum absolute atomic E-state index is 0.277. The van der Waals surface area contributed by atoms with Gasteiger partial charge in [-0.25, -0.2) is 0 Å². The summed E-state index contributed by atoms with van der Waals surface area (Å²) in [6, 6.07) is 0. The number of epoxide rings is 1. The Morgan fingerprint density at radius 3 is 2.36 bits per heavy atom. The van der Waals surface area contributed by atoms with Crippen molar-refractivity contribution < 1.29 is 48.6 Å². The molecule has 3 saturated heterocycles. The Morgan fingerprint density at radius 2 is 1.74 bits per heavy atom. The van der Waals surface area contributed by atoms with Gasteiger partial charge in [-0.05, 0) is 31.4 Å². The Balaban J connectivity index is 1.49. The van der Waals surface area contributed by atoms with E-state index in [-0.39, 0.29) is 5.57 Å². The zero-order valence-electron chi connectivity index (χ0n) is 25.4. The molecule has 6 rings (SSSR count). The number of carbonyl (C=O) groups excluding carboxylic acids is 2. The molecule has 12 atom stereocenters. The number of fused-ring (bicyclic) bond motifs is 3. The number of aliphatic hydroxyl groups is 3. The molecule has 0 unspecified atom stereocenters. The van der Waals surface area contributed by atoms with Crippen LogP contribution in [0.5, 0.6) is 0 Å². The number of carbonyl (C=O) groups is 2. The molecule has 0 spiro atoms. The lowest BCUT2D eigenvalue weighted by Gasteiger charge is -2.61. The molecule has 0 amide bonds. The molecule has 0 aromatic heterocycles. The Bertz CT molecular complexity index is 1200. The summed E-state index contributed by atoms with van der Waals surface area (Å²) in [5, 5.41) is 34.5. The third-order valence-corrected chi connectivity index (χ3v) is 11.2. The van der Waals surface area contributed by atoms with Gasteiger partial charge in [0.25, 0.3) is 5.97 Å². The maximum atomic E-state index is 13.7. The third kappa shape index (κ3) is 3.63. The van der Waals surface area contributed by atoms with Gasteiger partial charge in [0.2, 0.25) is 0 Å². The zero-order chi connectivity index (χ0) is 30.5. The summed E-state index contributed by atoms with van der Waals surface area (Å²) in [4.78, 5) is 26.2. The predicted molar refractivity (Wildman–Crippen MR) is 149 cm³/mol. The van der Waals surface area contributed by atoms with Crippen LogP contribution < -0.4 is 0 Å². The van der Waals surface area contributed by atoms with Crippen LogP contribution in [0.2, 0.25) is 0 Å². The normalized spacial score (nSPS) is 49.6. The first-order chi connectivity index (χ1) is 19.8. The van der Waals surface area contributed by atoms with Crippen LogP contribution in [0, 0.1) is 17.8 Å². The molecular weight excluding hydrogens is 544 g/mol.